The third kappa shape index (κ3) is 9.16. The van der Waals surface area contributed by atoms with E-state index in [-0.39, 0.29) is 31.5 Å². The first-order chi connectivity index (χ1) is 22.8. The van der Waals surface area contributed by atoms with E-state index in [4.69, 9.17) is 14.2 Å². The summed E-state index contributed by atoms with van der Waals surface area (Å²) in [5.74, 6) is 0. The summed E-state index contributed by atoms with van der Waals surface area (Å²) >= 11 is 0. The molecule has 5 rings (SSSR count). The Labute approximate surface area is 277 Å². The maximum atomic E-state index is 11.8. The molecule has 0 spiro atoms. The Morgan fingerprint density at radius 2 is 1.68 bits per heavy atom. The SMILES string of the molecule is C=CCOC(=O)NCc1cccc(-c2ccc([C@H]3O[C@@H](CN(C)[C@H](C)[C@@H](O)c4ccccc4)C[C@@H](c4ccc(CO)cc4)O3)cc2)c1. The number of aliphatic hydroxyl groups excluding tert-OH is 2. The van der Waals surface area contributed by atoms with Crippen molar-refractivity contribution in [2.75, 3.05) is 20.2 Å². The molecule has 0 unspecified atom stereocenters. The summed E-state index contributed by atoms with van der Waals surface area (Å²) in [6.07, 6.45) is 0.0937. The number of amides is 1. The molecular formula is C39H44N2O6. The zero-order chi connectivity index (χ0) is 33.2. The molecule has 1 aliphatic heterocycles. The topological polar surface area (TPSA) is 100 Å². The number of aliphatic hydroxyl groups is 2. The summed E-state index contributed by atoms with van der Waals surface area (Å²) in [6.45, 7) is 6.69. The van der Waals surface area contributed by atoms with Gasteiger partial charge in [-0.25, -0.2) is 4.79 Å². The van der Waals surface area contributed by atoms with Crippen molar-refractivity contribution in [3.63, 3.8) is 0 Å². The largest absolute Gasteiger partial charge is 0.445 e. The van der Waals surface area contributed by atoms with Gasteiger partial charge < -0.3 is 29.7 Å². The maximum Gasteiger partial charge on any atom is 0.407 e. The van der Waals surface area contributed by atoms with Crippen LogP contribution in [-0.4, -0.2) is 53.6 Å². The molecule has 0 saturated carbocycles. The lowest BCUT2D eigenvalue weighted by molar-refractivity contribution is -0.253. The number of alkyl carbamates (subject to hydrolysis) is 1. The van der Waals surface area contributed by atoms with Crippen molar-refractivity contribution in [3.8, 4) is 11.1 Å². The van der Waals surface area contributed by atoms with Crippen LogP contribution in [0.15, 0.2) is 116 Å². The van der Waals surface area contributed by atoms with E-state index in [0.29, 0.717) is 19.5 Å². The first kappa shape index (κ1) is 34.0. The Balaban J connectivity index is 1.30. The highest BCUT2D eigenvalue weighted by atomic mass is 16.7. The average molecular weight is 637 g/mol. The van der Waals surface area contributed by atoms with Gasteiger partial charge in [0, 0.05) is 31.1 Å². The van der Waals surface area contributed by atoms with Crippen molar-refractivity contribution in [2.24, 2.45) is 0 Å². The standard InChI is InChI=1S/C39H44N2O6/c1-4-21-45-39(44)40-24-29-9-8-12-34(22-29)30-17-19-33(20-18-30)38-46-35(23-36(47-38)31-15-13-28(26-42)14-16-31)25-41(3)27(2)37(43)32-10-6-5-7-11-32/h4-20,22,27,35-38,42-43H,1,21,23-26H2,2-3H3,(H,40,44)/t27-,35-,36+,37-,38+/m1/s1. The van der Waals surface area contributed by atoms with Gasteiger partial charge in [-0.05, 0) is 53.4 Å². The molecule has 4 aromatic rings. The zero-order valence-electron chi connectivity index (χ0n) is 27.0. The lowest BCUT2D eigenvalue weighted by atomic mass is 9.98. The first-order valence-electron chi connectivity index (χ1n) is 16.0. The molecule has 1 heterocycles. The molecule has 0 radical (unpaired) electrons. The van der Waals surface area contributed by atoms with Crippen molar-refractivity contribution in [2.45, 2.75) is 57.1 Å². The van der Waals surface area contributed by atoms with E-state index < -0.39 is 18.5 Å². The third-order valence-electron chi connectivity index (χ3n) is 8.61. The quantitative estimate of drug-likeness (QED) is 0.138. The molecule has 1 amide bonds. The van der Waals surface area contributed by atoms with Crippen LogP contribution in [0.3, 0.4) is 0 Å². The van der Waals surface area contributed by atoms with Gasteiger partial charge in [0.25, 0.3) is 0 Å². The summed E-state index contributed by atoms with van der Waals surface area (Å²) in [6, 6.07) is 33.6. The number of hydrogen-bond acceptors (Lipinski definition) is 7. The second-order valence-electron chi connectivity index (χ2n) is 11.9. The van der Waals surface area contributed by atoms with Crippen LogP contribution in [-0.2, 0) is 27.4 Å². The highest BCUT2D eigenvalue weighted by Gasteiger charge is 2.34. The normalized spacial score (nSPS) is 19.1. The molecule has 1 fully saturated rings. The number of nitrogens with one attached hydrogen (secondary N) is 1. The fraction of sp³-hybridized carbons (Fsp3) is 0.308. The molecule has 47 heavy (non-hydrogen) atoms. The molecule has 8 nitrogen and oxygen atoms in total. The number of benzene rings is 4. The van der Waals surface area contributed by atoms with Crippen LogP contribution in [0, 0.1) is 0 Å². The monoisotopic (exact) mass is 636 g/mol. The Hall–Kier alpha value is -4.31. The first-order valence-corrected chi connectivity index (χ1v) is 16.0. The lowest BCUT2D eigenvalue weighted by Gasteiger charge is -2.39. The Morgan fingerprint density at radius 3 is 2.38 bits per heavy atom. The van der Waals surface area contributed by atoms with E-state index >= 15 is 0 Å². The predicted octanol–water partition coefficient (Wildman–Crippen LogP) is 6.86. The van der Waals surface area contributed by atoms with Crippen molar-refractivity contribution in [3.05, 3.63) is 144 Å². The fourth-order valence-corrected chi connectivity index (χ4v) is 5.74. The molecule has 0 bridgehead atoms. The average Bonchev–Trinajstić information content (AvgIpc) is 3.13. The van der Waals surface area contributed by atoms with Gasteiger partial charge >= 0.3 is 6.09 Å². The van der Waals surface area contributed by atoms with Crippen LogP contribution >= 0.6 is 0 Å². The van der Waals surface area contributed by atoms with Crippen LogP contribution in [0.25, 0.3) is 11.1 Å². The Bertz CT molecular complexity index is 1580. The van der Waals surface area contributed by atoms with Gasteiger partial charge in [-0.15, -0.1) is 0 Å². The second kappa shape index (κ2) is 16.5. The molecule has 8 heteroatoms. The van der Waals surface area contributed by atoms with Crippen LogP contribution in [0.2, 0.25) is 0 Å². The highest BCUT2D eigenvalue weighted by Crippen LogP contribution is 2.39. The van der Waals surface area contributed by atoms with Gasteiger partial charge in [0.05, 0.1) is 24.9 Å². The fourth-order valence-electron chi connectivity index (χ4n) is 5.74. The third-order valence-corrected chi connectivity index (χ3v) is 8.61. The number of hydrogen-bond donors (Lipinski definition) is 3. The van der Waals surface area contributed by atoms with Crippen LogP contribution in [0.5, 0.6) is 0 Å². The van der Waals surface area contributed by atoms with Crippen molar-refractivity contribution < 1.29 is 29.2 Å². The van der Waals surface area contributed by atoms with E-state index in [1.807, 2.05) is 117 Å². The van der Waals surface area contributed by atoms with Gasteiger partial charge in [0.2, 0.25) is 0 Å². The van der Waals surface area contributed by atoms with Gasteiger partial charge in [0.15, 0.2) is 6.29 Å². The Kier molecular flexibility index (Phi) is 11.9. The summed E-state index contributed by atoms with van der Waals surface area (Å²) in [5.41, 5.74) is 6.65. The van der Waals surface area contributed by atoms with Gasteiger partial charge in [-0.2, -0.15) is 0 Å². The minimum atomic E-state index is -0.633. The zero-order valence-corrected chi connectivity index (χ0v) is 27.0. The minimum absolute atomic E-state index is 0.0133. The number of carbonyl (C=O) groups excluding carboxylic acids is 1. The van der Waals surface area contributed by atoms with Gasteiger partial charge in [-0.1, -0.05) is 110 Å². The van der Waals surface area contributed by atoms with E-state index in [0.717, 1.165) is 38.9 Å². The summed E-state index contributed by atoms with van der Waals surface area (Å²) < 4.78 is 18.1. The molecular weight excluding hydrogens is 592 g/mol. The molecule has 246 valence electrons. The lowest BCUT2D eigenvalue weighted by Crippen LogP contribution is -2.43. The van der Waals surface area contributed by atoms with Crippen LogP contribution in [0.4, 0.5) is 4.79 Å². The van der Waals surface area contributed by atoms with Crippen molar-refractivity contribution >= 4 is 6.09 Å². The van der Waals surface area contributed by atoms with Crippen molar-refractivity contribution in [1.29, 1.82) is 0 Å². The van der Waals surface area contributed by atoms with E-state index in [2.05, 4.69) is 16.8 Å². The number of likely N-dealkylation sites (N-methyl/N-ethyl adjacent to an activating group) is 1. The summed E-state index contributed by atoms with van der Waals surface area (Å²) in [5, 5.41) is 23.4. The van der Waals surface area contributed by atoms with Crippen molar-refractivity contribution in [1.82, 2.24) is 10.2 Å². The number of nitrogens with zero attached hydrogens (tertiary/aromatic N) is 1. The van der Waals surface area contributed by atoms with Gasteiger partial charge in [-0.3, -0.25) is 4.90 Å². The number of rotatable bonds is 13. The molecule has 5 atom stereocenters. The second-order valence-corrected chi connectivity index (χ2v) is 11.9. The van der Waals surface area contributed by atoms with E-state index in [1.165, 1.54) is 6.08 Å². The predicted molar refractivity (Wildman–Crippen MR) is 182 cm³/mol. The van der Waals surface area contributed by atoms with E-state index in [9.17, 15) is 15.0 Å². The number of carbonyl (C=O) groups is 1. The molecule has 1 aliphatic rings. The molecule has 1 saturated heterocycles. The molecule has 3 N–H and O–H groups in total. The molecule has 0 aliphatic carbocycles. The maximum absolute atomic E-state index is 11.8. The summed E-state index contributed by atoms with van der Waals surface area (Å²) in [7, 11) is 2.01. The molecule has 4 aromatic carbocycles. The highest BCUT2D eigenvalue weighted by molar-refractivity contribution is 5.68. The van der Waals surface area contributed by atoms with Crippen LogP contribution < -0.4 is 5.32 Å². The minimum Gasteiger partial charge on any atom is -0.445 e. The van der Waals surface area contributed by atoms with Crippen LogP contribution in [0.1, 0.15) is 59.7 Å². The smallest absolute Gasteiger partial charge is 0.407 e. The Morgan fingerprint density at radius 1 is 0.957 bits per heavy atom. The summed E-state index contributed by atoms with van der Waals surface area (Å²) in [4.78, 5) is 14.0. The van der Waals surface area contributed by atoms with Gasteiger partial charge in [0.1, 0.15) is 6.61 Å². The van der Waals surface area contributed by atoms with E-state index in [1.54, 1.807) is 0 Å². The molecule has 0 aromatic heterocycles. The number of ether oxygens (including phenoxy) is 3.